The van der Waals surface area contributed by atoms with Gasteiger partial charge in [-0.2, -0.15) is 0 Å². The average Bonchev–Trinajstić information content (AvgIpc) is 2.03. The fourth-order valence-electron chi connectivity index (χ4n) is 0.927. The van der Waals surface area contributed by atoms with Crippen molar-refractivity contribution in [2.45, 2.75) is 40.2 Å². The fourth-order valence-corrected chi connectivity index (χ4v) is 0.927. The van der Waals surface area contributed by atoms with Gasteiger partial charge in [-0.3, -0.25) is 0 Å². The first-order valence-electron chi connectivity index (χ1n) is 4.56. The maximum absolute atomic E-state index is 3.45. The second kappa shape index (κ2) is 6.41. The van der Waals surface area contributed by atoms with Crippen molar-refractivity contribution in [3.8, 4) is 0 Å². The second-order valence-corrected chi connectivity index (χ2v) is 3.15. The molecule has 0 rings (SSSR count). The van der Waals surface area contributed by atoms with E-state index in [1.807, 2.05) is 0 Å². The summed E-state index contributed by atoms with van der Waals surface area (Å²) in [7, 11) is 0. The molecule has 0 aromatic carbocycles. The fraction of sp³-hybridized carbons (Fsp3) is 0.800. The van der Waals surface area contributed by atoms with E-state index in [1.54, 1.807) is 0 Å². The van der Waals surface area contributed by atoms with Crippen LogP contribution in [-0.4, -0.2) is 12.6 Å². The van der Waals surface area contributed by atoms with E-state index in [4.69, 9.17) is 0 Å². The Morgan fingerprint density at radius 3 is 2.45 bits per heavy atom. The van der Waals surface area contributed by atoms with Gasteiger partial charge in [0.1, 0.15) is 0 Å². The monoisotopic (exact) mass is 155 g/mol. The lowest BCUT2D eigenvalue weighted by molar-refractivity contribution is 0.404. The minimum Gasteiger partial charge on any atom is -0.311 e. The van der Waals surface area contributed by atoms with E-state index < -0.39 is 0 Å². The van der Waals surface area contributed by atoms with Gasteiger partial charge in [0.25, 0.3) is 0 Å². The minimum absolute atomic E-state index is 0.635. The van der Waals surface area contributed by atoms with E-state index in [9.17, 15) is 0 Å². The van der Waals surface area contributed by atoms with Crippen molar-refractivity contribution < 1.29 is 0 Å². The molecule has 2 unspecified atom stereocenters. The van der Waals surface area contributed by atoms with Crippen LogP contribution in [0.25, 0.3) is 0 Å². The first-order valence-corrected chi connectivity index (χ1v) is 4.56. The molecule has 0 amide bonds. The van der Waals surface area contributed by atoms with Crippen LogP contribution in [0.1, 0.15) is 34.1 Å². The predicted molar refractivity (Wildman–Crippen MR) is 51.7 cm³/mol. The van der Waals surface area contributed by atoms with Crippen LogP contribution < -0.4 is 5.32 Å². The van der Waals surface area contributed by atoms with Gasteiger partial charge in [0.2, 0.25) is 0 Å². The molecule has 0 aliphatic rings. The van der Waals surface area contributed by atoms with E-state index in [-0.39, 0.29) is 0 Å². The van der Waals surface area contributed by atoms with Gasteiger partial charge in [-0.05, 0) is 19.8 Å². The van der Waals surface area contributed by atoms with Crippen molar-refractivity contribution in [1.82, 2.24) is 5.32 Å². The SMILES string of the molecule is C/C=C/CNC(C)C(C)CC. The molecule has 1 heteroatoms. The first-order chi connectivity index (χ1) is 5.22. The summed E-state index contributed by atoms with van der Waals surface area (Å²) in [5.41, 5.74) is 0. The highest BCUT2D eigenvalue weighted by Crippen LogP contribution is 2.05. The van der Waals surface area contributed by atoms with Crippen molar-refractivity contribution >= 4 is 0 Å². The van der Waals surface area contributed by atoms with Crippen LogP contribution in [0.2, 0.25) is 0 Å². The lowest BCUT2D eigenvalue weighted by atomic mass is 10.0. The highest BCUT2D eigenvalue weighted by atomic mass is 14.9. The van der Waals surface area contributed by atoms with E-state index in [1.165, 1.54) is 6.42 Å². The summed E-state index contributed by atoms with van der Waals surface area (Å²) >= 11 is 0. The Hall–Kier alpha value is -0.300. The van der Waals surface area contributed by atoms with Gasteiger partial charge in [0.05, 0.1) is 0 Å². The lowest BCUT2D eigenvalue weighted by Gasteiger charge is -2.18. The van der Waals surface area contributed by atoms with Gasteiger partial charge in [0.15, 0.2) is 0 Å². The molecule has 66 valence electrons. The summed E-state index contributed by atoms with van der Waals surface area (Å²) < 4.78 is 0. The standard InChI is InChI=1S/C10H21N/c1-5-7-8-11-10(4)9(3)6-2/h5,7,9-11H,6,8H2,1-4H3/b7-5+. The Balaban J connectivity index is 3.43. The van der Waals surface area contributed by atoms with Crippen molar-refractivity contribution in [3.05, 3.63) is 12.2 Å². The highest BCUT2D eigenvalue weighted by molar-refractivity contribution is 4.81. The van der Waals surface area contributed by atoms with E-state index in [2.05, 4.69) is 45.2 Å². The minimum atomic E-state index is 0.635. The van der Waals surface area contributed by atoms with Gasteiger partial charge >= 0.3 is 0 Å². The summed E-state index contributed by atoms with van der Waals surface area (Å²) in [4.78, 5) is 0. The van der Waals surface area contributed by atoms with Gasteiger partial charge in [-0.15, -0.1) is 0 Å². The average molecular weight is 155 g/mol. The quantitative estimate of drug-likeness (QED) is 0.602. The molecule has 1 N–H and O–H groups in total. The molecular formula is C10H21N. The molecule has 2 atom stereocenters. The van der Waals surface area contributed by atoms with E-state index >= 15 is 0 Å². The van der Waals surface area contributed by atoms with Crippen LogP contribution >= 0.6 is 0 Å². The maximum atomic E-state index is 3.45. The molecule has 0 aliphatic carbocycles. The Bertz CT molecular complexity index is 107. The van der Waals surface area contributed by atoms with Gasteiger partial charge in [-0.25, -0.2) is 0 Å². The molecule has 0 aromatic heterocycles. The third-order valence-electron chi connectivity index (χ3n) is 2.29. The summed E-state index contributed by atoms with van der Waals surface area (Å²) in [6.07, 6.45) is 5.49. The molecule has 0 aliphatic heterocycles. The van der Waals surface area contributed by atoms with E-state index in [0.717, 1.165) is 12.5 Å². The first kappa shape index (κ1) is 10.7. The van der Waals surface area contributed by atoms with Crippen LogP contribution in [0, 0.1) is 5.92 Å². The zero-order chi connectivity index (χ0) is 8.69. The topological polar surface area (TPSA) is 12.0 Å². The molecule has 0 aromatic rings. The van der Waals surface area contributed by atoms with Crippen molar-refractivity contribution in [1.29, 1.82) is 0 Å². The van der Waals surface area contributed by atoms with Crippen molar-refractivity contribution in [2.24, 2.45) is 5.92 Å². The smallest absolute Gasteiger partial charge is 0.0137 e. The summed E-state index contributed by atoms with van der Waals surface area (Å²) in [6, 6.07) is 0.635. The Morgan fingerprint density at radius 1 is 1.36 bits per heavy atom. The zero-order valence-electron chi connectivity index (χ0n) is 8.22. The Morgan fingerprint density at radius 2 is 2.00 bits per heavy atom. The number of nitrogens with one attached hydrogen (secondary N) is 1. The molecule has 0 saturated heterocycles. The second-order valence-electron chi connectivity index (χ2n) is 3.15. The summed E-state index contributed by atoms with van der Waals surface area (Å²) in [5, 5.41) is 3.45. The molecule has 0 radical (unpaired) electrons. The molecule has 1 nitrogen and oxygen atoms in total. The number of hydrogen-bond donors (Lipinski definition) is 1. The van der Waals surface area contributed by atoms with Crippen LogP contribution in [-0.2, 0) is 0 Å². The van der Waals surface area contributed by atoms with E-state index in [0.29, 0.717) is 6.04 Å². The molecule has 0 fully saturated rings. The molecule has 0 spiro atoms. The number of hydrogen-bond acceptors (Lipinski definition) is 1. The lowest BCUT2D eigenvalue weighted by Crippen LogP contribution is -2.31. The normalized spacial score (nSPS) is 17.1. The maximum Gasteiger partial charge on any atom is 0.0137 e. The Kier molecular flexibility index (Phi) is 6.24. The van der Waals surface area contributed by atoms with Crippen molar-refractivity contribution in [2.75, 3.05) is 6.54 Å². The van der Waals surface area contributed by atoms with Gasteiger partial charge in [0, 0.05) is 12.6 Å². The largest absolute Gasteiger partial charge is 0.311 e. The number of rotatable bonds is 5. The zero-order valence-corrected chi connectivity index (χ0v) is 8.22. The number of allylic oxidation sites excluding steroid dienone is 1. The van der Waals surface area contributed by atoms with Crippen LogP contribution in [0.15, 0.2) is 12.2 Å². The molecule has 0 bridgehead atoms. The Labute approximate surface area is 70.9 Å². The van der Waals surface area contributed by atoms with Crippen LogP contribution in [0.5, 0.6) is 0 Å². The predicted octanol–water partition coefficient (Wildman–Crippen LogP) is 2.59. The molecular weight excluding hydrogens is 134 g/mol. The molecule has 11 heavy (non-hydrogen) atoms. The molecule has 0 heterocycles. The molecule has 0 saturated carbocycles. The van der Waals surface area contributed by atoms with Gasteiger partial charge < -0.3 is 5.32 Å². The summed E-state index contributed by atoms with van der Waals surface area (Å²) in [6.45, 7) is 9.82. The third-order valence-corrected chi connectivity index (χ3v) is 2.29. The highest BCUT2D eigenvalue weighted by Gasteiger charge is 2.06. The van der Waals surface area contributed by atoms with Crippen molar-refractivity contribution in [3.63, 3.8) is 0 Å². The van der Waals surface area contributed by atoms with Gasteiger partial charge in [-0.1, -0.05) is 32.4 Å². The third kappa shape index (κ3) is 5.02. The van der Waals surface area contributed by atoms with Crippen LogP contribution in [0.4, 0.5) is 0 Å². The summed E-state index contributed by atoms with van der Waals surface area (Å²) in [5.74, 6) is 0.778. The van der Waals surface area contributed by atoms with Crippen LogP contribution in [0.3, 0.4) is 0 Å².